The summed E-state index contributed by atoms with van der Waals surface area (Å²) in [5.74, 6) is 1.12. The van der Waals surface area contributed by atoms with Crippen molar-refractivity contribution in [1.29, 1.82) is 0 Å². The van der Waals surface area contributed by atoms with Crippen LogP contribution in [0.3, 0.4) is 0 Å². The Labute approximate surface area is 97.9 Å². The Morgan fingerprint density at radius 3 is 2.62 bits per heavy atom. The molecule has 0 saturated heterocycles. The lowest BCUT2D eigenvalue weighted by atomic mass is 9.82. The van der Waals surface area contributed by atoms with Crippen LogP contribution in [0.2, 0.25) is 0 Å². The highest BCUT2D eigenvalue weighted by Crippen LogP contribution is 2.32. The van der Waals surface area contributed by atoms with E-state index < -0.39 is 0 Å². The van der Waals surface area contributed by atoms with Crippen molar-refractivity contribution in [1.82, 2.24) is 0 Å². The van der Waals surface area contributed by atoms with Crippen LogP contribution in [0.4, 0.5) is 0 Å². The predicted octanol–water partition coefficient (Wildman–Crippen LogP) is 3.94. The standard InChI is InChI=1S/C15H20O/c1-12(13-8-4-2-5-9-13)14-10-6-3-7-11-15(14)16/h2,4-5,8-9,12,14H,3,6-7,10-11H2,1H3/t12-,14-/m1/s1. The van der Waals surface area contributed by atoms with Crippen molar-refractivity contribution in [3.63, 3.8) is 0 Å². The van der Waals surface area contributed by atoms with E-state index in [-0.39, 0.29) is 5.92 Å². The molecular weight excluding hydrogens is 196 g/mol. The smallest absolute Gasteiger partial charge is 0.136 e. The first-order chi connectivity index (χ1) is 7.79. The Hall–Kier alpha value is -1.11. The molecule has 2 atom stereocenters. The zero-order chi connectivity index (χ0) is 11.4. The van der Waals surface area contributed by atoms with Crippen molar-refractivity contribution < 1.29 is 4.79 Å². The molecule has 0 aromatic heterocycles. The highest BCUT2D eigenvalue weighted by atomic mass is 16.1. The summed E-state index contributed by atoms with van der Waals surface area (Å²) >= 11 is 0. The molecular formula is C15H20O. The van der Waals surface area contributed by atoms with E-state index in [9.17, 15) is 4.79 Å². The second kappa shape index (κ2) is 5.29. The van der Waals surface area contributed by atoms with E-state index in [0.29, 0.717) is 11.7 Å². The Morgan fingerprint density at radius 1 is 1.12 bits per heavy atom. The Morgan fingerprint density at radius 2 is 1.88 bits per heavy atom. The largest absolute Gasteiger partial charge is 0.299 e. The summed E-state index contributed by atoms with van der Waals surface area (Å²) in [7, 11) is 0. The van der Waals surface area contributed by atoms with Gasteiger partial charge in [0, 0.05) is 12.3 Å². The normalized spacial score (nSPS) is 23.8. The number of Topliss-reactive ketones (excluding diaryl/α,β-unsaturated/α-hetero) is 1. The summed E-state index contributed by atoms with van der Waals surface area (Å²) in [6, 6.07) is 10.4. The van der Waals surface area contributed by atoms with Gasteiger partial charge < -0.3 is 0 Å². The molecule has 16 heavy (non-hydrogen) atoms. The number of hydrogen-bond acceptors (Lipinski definition) is 1. The zero-order valence-electron chi connectivity index (χ0n) is 9.99. The fourth-order valence-corrected chi connectivity index (χ4v) is 2.70. The van der Waals surface area contributed by atoms with Crippen molar-refractivity contribution in [2.75, 3.05) is 0 Å². The topological polar surface area (TPSA) is 17.1 Å². The van der Waals surface area contributed by atoms with Crippen molar-refractivity contribution in [3.8, 4) is 0 Å². The second-order valence-corrected chi connectivity index (χ2v) is 4.87. The molecule has 1 heteroatoms. The van der Waals surface area contributed by atoms with Crippen LogP contribution in [0.5, 0.6) is 0 Å². The van der Waals surface area contributed by atoms with E-state index in [1.54, 1.807) is 0 Å². The zero-order valence-corrected chi connectivity index (χ0v) is 9.99. The summed E-state index contributed by atoms with van der Waals surface area (Å²) in [6.07, 6.45) is 5.41. The van der Waals surface area contributed by atoms with Crippen LogP contribution in [0.15, 0.2) is 30.3 Å². The summed E-state index contributed by atoms with van der Waals surface area (Å²) in [5, 5.41) is 0. The van der Waals surface area contributed by atoms with Gasteiger partial charge >= 0.3 is 0 Å². The summed E-state index contributed by atoms with van der Waals surface area (Å²) in [4.78, 5) is 12.0. The maximum absolute atomic E-state index is 12.0. The molecule has 1 nitrogen and oxygen atoms in total. The maximum Gasteiger partial charge on any atom is 0.136 e. The first kappa shape index (κ1) is 11.4. The molecule has 1 aromatic rings. The molecule has 0 N–H and O–H groups in total. The van der Waals surface area contributed by atoms with Gasteiger partial charge in [0.2, 0.25) is 0 Å². The van der Waals surface area contributed by atoms with Gasteiger partial charge in [0.15, 0.2) is 0 Å². The average molecular weight is 216 g/mol. The van der Waals surface area contributed by atoms with Gasteiger partial charge in [0.1, 0.15) is 5.78 Å². The Bertz CT molecular complexity index is 342. The van der Waals surface area contributed by atoms with E-state index in [4.69, 9.17) is 0 Å². The van der Waals surface area contributed by atoms with Crippen LogP contribution < -0.4 is 0 Å². The molecule has 0 aliphatic heterocycles. The van der Waals surface area contributed by atoms with Gasteiger partial charge in [-0.1, -0.05) is 50.1 Å². The van der Waals surface area contributed by atoms with Crippen LogP contribution in [0, 0.1) is 5.92 Å². The van der Waals surface area contributed by atoms with E-state index in [1.807, 2.05) is 6.07 Å². The molecule has 0 heterocycles. The second-order valence-electron chi connectivity index (χ2n) is 4.87. The molecule has 0 amide bonds. The van der Waals surface area contributed by atoms with Gasteiger partial charge in [-0.25, -0.2) is 0 Å². The molecule has 1 aliphatic rings. The van der Waals surface area contributed by atoms with Gasteiger partial charge in [-0.05, 0) is 24.3 Å². The summed E-state index contributed by atoms with van der Waals surface area (Å²) in [6.45, 7) is 2.20. The first-order valence-corrected chi connectivity index (χ1v) is 6.36. The number of rotatable bonds is 2. The fraction of sp³-hybridized carbons (Fsp3) is 0.533. The molecule has 1 fully saturated rings. The highest BCUT2D eigenvalue weighted by Gasteiger charge is 2.26. The average Bonchev–Trinajstić information content (AvgIpc) is 2.54. The number of carbonyl (C=O) groups excluding carboxylic acids is 1. The number of carbonyl (C=O) groups is 1. The van der Waals surface area contributed by atoms with E-state index in [2.05, 4.69) is 31.2 Å². The minimum absolute atomic E-state index is 0.255. The van der Waals surface area contributed by atoms with Crippen LogP contribution in [0.25, 0.3) is 0 Å². The summed E-state index contributed by atoms with van der Waals surface area (Å²) < 4.78 is 0. The first-order valence-electron chi connectivity index (χ1n) is 6.36. The molecule has 1 aliphatic carbocycles. The van der Waals surface area contributed by atoms with Crippen molar-refractivity contribution in [3.05, 3.63) is 35.9 Å². The number of benzene rings is 1. The van der Waals surface area contributed by atoms with Gasteiger partial charge in [-0.2, -0.15) is 0 Å². The fourth-order valence-electron chi connectivity index (χ4n) is 2.70. The maximum atomic E-state index is 12.0. The molecule has 0 spiro atoms. The molecule has 0 bridgehead atoms. The van der Waals surface area contributed by atoms with Crippen molar-refractivity contribution in [2.45, 2.75) is 44.9 Å². The third-order valence-corrected chi connectivity index (χ3v) is 3.78. The number of hydrogen-bond donors (Lipinski definition) is 0. The lowest BCUT2D eigenvalue weighted by Crippen LogP contribution is -2.19. The molecule has 2 rings (SSSR count). The Kier molecular flexibility index (Phi) is 3.76. The minimum Gasteiger partial charge on any atom is -0.299 e. The van der Waals surface area contributed by atoms with Crippen molar-refractivity contribution >= 4 is 5.78 Å². The lowest BCUT2D eigenvalue weighted by Gasteiger charge is -2.21. The van der Waals surface area contributed by atoms with Crippen LogP contribution in [-0.2, 0) is 4.79 Å². The van der Waals surface area contributed by atoms with Gasteiger partial charge in [-0.3, -0.25) is 4.79 Å². The van der Waals surface area contributed by atoms with Crippen LogP contribution in [0.1, 0.15) is 50.5 Å². The molecule has 86 valence electrons. The highest BCUT2D eigenvalue weighted by molar-refractivity contribution is 5.82. The number of ketones is 1. The van der Waals surface area contributed by atoms with Gasteiger partial charge in [0.05, 0.1) is 0 Å². The monoisotopic (exact) mass is 216 g/mol. The Balaban J connectivity index is 2.13. The quantitative estimate of drug-likeness (QED) is 0.684. The summed E-state index contributed by atoms with van der Waals surface area (Å²) in [5.41, 5.74) is 1.31. The molecule has 1 aromatic carbocycles. The molecule has 1 saturated carbocycles. The van der Waals surface area contributed by atoms with E-state index >= 15 is 0 Å². The molecule has 0 radical (unpaired) electrons. The molecule has 0 unspecified atom stereocenters. The van der Waals surface area contributed by atoms with E-state index in [0.717, 1.165) is 19.3 Å². The minimum atomic E-state index is 0.255. The van der Waals surface area contributed by atoms with Crippen LogP contribution >= 0.6 is 0 Å². The predicted molar refractivity (Wildman–Crippen MR) is 66.4 cm³/mol. The van der Waals surface area contributed by atoms with Gasteiger partial charge in [-0.15, -0.1) is 0 Å². The lowest BCUT2D eigenvalue weighted by molar-refractivity contribution is -0.123. The van der Waals surface area contributed by atoms with Gasteiger partial charge in [0.25, 0.3) is 0 Å². The van der Waals surface area contributed by atoms with Crippen LogP contribution in [-0.4, -0.2) is 5.78 Å². The SMILES string of the molecule is C[C@H](c1ccccc1)[C@H]1CCCCCC1=O. The third-order valence-electron chi connectivity index (χ3n) is 3.78. The van der Waals surface area contributed by atoms with E-state index in [1.165, 1.54) is 18.4 Å². The third kappa shape index (κ3) is 2.52. The van der Waals surface area contributed by atoms with Crippen molar-refractivity contribution in [2.24, 2.45) is 5.92 Å².